The van der Waals surface area contributed by atoms with Gasteiger partial charge in [0.15, 0.2) is 5.69 Å². The zero-order chi connectivity index (χ0) is 23.3. The van der Waals surface area contributed by atoms with Crippen LogP contribution in [0, 0.1) is 0 Å². The summed E-state index contributed by atoms with van der Waals surface area (Å²) in [6.07, 6.45) is 14.1. The fourth-order valence-corrected chi connectivity index (χ4v) is 4.41. The number of aromatic nitrogens is 5. The van der Waals surface area contributed by atoms with E-state index >= 15 is 0 Å². The van der Waals surface area contributed by atoms with Gasteiger partial charge in [0.05, 0.1) is 41.4 Å². The first kappa shape index (κ1) is 21.9. The highest BCUT2D eigenvalue weighted by Gasteiger charge is 2.29. The second-order valence-corrected chi connectivity index (χ2v) is 8.61. The van der Waals surface area contributed by atoms with Crippen molar-refractivity contribution in [3.05, 3.63) is 66.5 Å². The van der Waals surface area contributed by atoms with E-state index in [-0.39, 0.29) is 18.0 Å². The second-order valence-electron chi connectivity index (χ2n) is 8.61. The molecule has 3 aromatic rings. The first-order valence-electron chi connectivity index (χ1n) is 11.6. The second kappa shape index (κ2) is 9.90. The van der Waals surface area contributed by atoms with Gasteiger partial charge in [-0.05, 0) is 25.0 Å². The average Bonchev–Trinajstić information content (AvgIpc) is 3.26. The predicted molar refractivity (Wildman–Crippen MR) is 128 cm³/mol. The lowest BCUT2D eigenvalue weighted by molar-refractivity contribution is 0.0887. The fraction of sp³-hybridized carbons (Fsp3) is 0.375. The van der Waals surface area contributed by atoms with Crippen LogP contribution in [-0.2, 0) is 0 Å². The maximum absolute atomic E-state index is 13.5. The number of hydrogen-bond acceptors (Lipinski definition) is 9. The standard InChI is InChI=1S/C24H27N9O/c1-33-21(11-19(32-33)18-9-5-6-10-27-18)30-24(34)22-20(29-17-12-25-15-26-13-17)14-28-23(31-22)16-7-3-2-4-8-16/h5-6,9-10,12-16,21,29H,2-4,7-8,11H2,1H3,(H,30,34). The van der Waals surface area contributed by atoms with Crippen LogP contribution in [0.25, 0.3) is 0 Å². The lowest BCUT2D eigenvalue weighted by atomic mass is 9.88. The third-order valence-corrected chi connectivity index (χ3v) is 6.21. The summed E-state index contributed by atoms with van der Waals surface area (Å²) in [5.74, 6) is 0.723. The van der Waals surface area contributed by atoms with Crippen LogP contribution in [0.4, 0.5) is 11.4 Å². The first-order chi connectivity index (χ1) is 16.7. The molecule has 1 atom stereocenters. The Kier molecular flexibility index (Phi) is 6.37. The normalized spacial score (nSPS) is 18.4. The van der Waals surface area contributed by atoms with Gasteiger partial charge in [-0.1, -0.05) is 25.3 Å². The lowest BCUT2D eigenvalue weighted by Gasteiger charge is -2.23. The minimum atomic E-state index is -0.300. The number of pyridine rings is 1. The van der Waals surface area contributed by atoms with Crippen LogP contribution < -0.4 is 10.6 Å². The van der Waals surface area contributed by atoms with Crippen LogP contribution in [0.15, 0.2) is 54.4 Å². The maximum Gasteiger partial charge on any atom is 0.273 e. The third-order valence-electron chi connectivity index (χ3n) is 6.21. The Balaban J connectivity index is 1.38. The molecule has 0 saturated heterocycles. The summed E-state index contributed by atoms with van der Waals surface area (Å²) in [5, 5.41) is 12.6. The van der Waals surface area contributed by atoms with Crippen molar-refractivity contribution in [1.29, 1.82) is 0 Å². The predicted octanol–water partition coefficient (Wildman–Crippen LogP) is 3.25. The molecule has 0 radical (unpaired) electrons. The monoisotopic (exact) mass is 457 g/mol. The van der Waals surface area contributed by atoms with E-state index in [1.807, 2.05) is 25.2 Å². The Hall–Kier alpha value is -3.95. The fourth-order valence-electron chi connectivity index (χ4n) is 4.41. The van der Waals surface area contributed by atoms with Gasteiger partial charge < -0.3 is 10.6 Å². The molecular weight excluding hydrogens is 430 g/mol. The minimum absolute atomic E-state index is 0.280. The molecule has 1 aliphatic heterocycles. The average molecular weight is 458 g/mol. The zero-order valence-corrected chi connectivity index (χ0v) is 19.1. The third kappa shape index (κ3) is 4.85. The number of amides is 1. The zero-order valence-electron chi connectivity index (χ0n) is 19.1. The van der Waals surface area contributed by atoms with Gasteiger partial charge in [-0.15, -0.1) is 0 Å². The molecule has 1 saturated carbocycles. The number of hydrogen-bond donors (Lipinski definition) is 2. The Labute approximate surface area is 198 Å². The number of carbonyl (C=O) groups excluding carboxylic acids is 1. The smallest absolute Gasteiger partial charge is 0.273 e. The largest absolute Gasteiger partial charge is 0.350 e. The summed E-state index contributed by atoms with van der Waals surface area (Å²) < 4.78 is 0. The molecule has 2 aliphatic rings. The molecule has 174 valence electrons. The van der Waals surface area contributed by atoms with Crippen molar-refractivity contribution < 1.29 is 4.79 Å². The van der Waals surface area contributed by atoms with Gasteiger partial charge >= 0.3 is 0 Å². The van der Waals surface area contributed by atoms with Crippen molar-refractivity contribution in [2.75, 3.05) is 12.4 Å². The summed E-state index contributed by atoms with van der Waals surface area (Å²) in [6.45, 7) is 0. The van der Waals surface area contributed by atoms with E-state index in [1.54, 1.807) is 29.8 Å². The highest BCUT2D eigenvalue weighted by atomic mass is 16.2. The van der Waals surface area contributed by atoms with Gasteiger partial charge in [-0.2, -0.15) is 5.10 Å². The molecule has 10 nitrogen and oxygen atoms in total. The van der Waals surface area contributed by atoms with E-state index in [4.69, 9.17) is 4.98 Å². The Morgan fingerprint density at radius 1 is 1.06 bits per heavy atom. The summed E-state index contributed by atoms with van der Waals surface area (Å²) in [5.41, 5.74) is 3.11. The van der Waals surface area contributed by atoms with Crippen LogP contribution in [0.1, 0.15) is 66.4 Å². The molecule has 3 aromatic heterocycles. The molecule has 2 N–H and O–H groups in total. The molecule has 5 rings (SSSR count). The van der Waals surface area contributed by atoms with Crippen molar-refractivity contribution in [2.45, 2.75) is 50.6 Å². The molecule has 0 aromatic carbocycles. The molecule has 1 unspecified atom stereocenters. The van der Waals surface area contributed by atoms with Crippen LogP contribution in [-0.4, -0.2) is 54.8 Å². The van der Waals surface area contributed by atoms with Crippen molar-refractivity contribution in [3.8, 4) is 0 Å². The highest BCUT2D eigenvalue weighted by molar-refractivity contribution is 6.02. The first-order valence-corrected chi connectivity index (χ1v) is 11.6. The van der Waals surface area contributed by atoms with Crippen LogP contribution >= 0.6 is 0 Å². The van der Waals surface area contributed by atoms with E-state index in [2.05, 4.69) is 35.7 Å². The summed E-state index contributed by atoms with van der Waals surface area (Å²) in [6, 6.07) is 5.71. The number of hydrazone groups is 1. The van der Waals surface area contributed by atoms with E-state index in [0.29, 0.717) is 23.5 Å². The minimum Gasteiger partial charge on any atom is -0.350 e. The molecule has 0 spiro atoms. The molecule has 10 heteroatoms. The van der Waals surface area contributed by atoms with Crippen molar-refractivity contribution in [2.24, 2.45) is 5.10 Å². The number of rotatable bonds is 6. The van der Waals surface area contributed by atoms with E-state index < -0.39 is 0 Å². The quantitative estimate of drug-likeness (QED) is 0.579. The Bertz CT molecular complexity index is 1160. The molecule has 34 heavy (non-hydrogen) atoms. The summed E-state index contributed by atoms with van der Waals surface area (Å²) in [4.78, 5) is 35.3. The van der Waals surface area contributed by atoms with Gasteiger partial charge in [-0.3, -0.25) is 14.8 Å². The Morgan fingerprint density at radius 2 is 1.88 bits per heavy atom. The maximum atomic E-state index is 13.5. The summed E-state index contributed by atoms with van der Waals surface area (Å²) >= 11 is 0. The van der Waals surface area contributed by atoms with Gasteiger partial charge in [0.2, 0.25) is 0 Å². The number of nitrogens with one attached hydrogen (secondary N) is 2. The van der Waals surface area contributed by atoms with E-state index in [0.717, 1.165) is 42.9 Å². The van der Waals surface area contributed by atoms with Gasteiger partial charge in [-0.25, -0.2) is 19.9 Å². The van der Waals surface area contributed by atoms with Crippen molar-refractivity contribution >= 4 is 23.0 Å². The SMILES string of the molecule is CN1N=C(c2ccccn2)CC1NC(=O)c1nc(C2CCCCC2)ncc1Nc1cncnc1. The molecule has 4 heterocycles. The molecule has 1 aliphatic carbocycles. The Morgan fingerprint density at radius 3 is 2.65 bits per heavy atom. The topological polar surface area (TPSA) is 121 Å². The molecular formula is C24H27N9O. The summed E-state index contributed by atoms with van der Waals surface area (Å²) in [7, 11) is 1.84. The molecule has 0 bridgehead atoms. The van der Waals surface area contributed by atoms with Crippen molar-refractivity contribution in [1.82, 2.24) is 35.2 Å². The van der Waals surface area contributed by atoms with Gasteiger partial charge in [0, 0.05) is 25.6 Å². The lowest BCUT2D eigenvalue weighted by Crippen LogP contribution is -2.42. The highest BCUT2D eigenvalue weighted by Crippen LogP contribution is 2.31. The van der Waals surface area contributed by atoms with Crippen LogP contribution in [0.5, 0.6) is 0 Å². The number of nitrogens with zero attached hydrogens (tertiary/aromatic N) is 7. The van der Waals surface area contributed by atoms with Crippen LogP contribution in [0.2, 0.25) is 0 Å². The molecule has 1 fully saturated rings. The van der Waals surface area contributed by atoms with E-state index in [1.165, 1.54) is 12.7 Å². The van der Waals surface area contributed by atoms with E-state index in [9.17, 15) is 4.79 Å². The number of carbonyl (C=O) groups is 1. The van der Waals surface area contributed by atoms with Gasteiger partial charge in [0.1, 0.15) is 18.3 Å². The molecule has 1 amide bonds. The van der Waals surface area contributed by atoms with Crippen molar-refractivity contribution in [3.63, 3.8) is 0 Å². The number of anilines is 2. The van der Waals surface area contributed by atoms with Gasteiger partial charge in [0.25, 0.3) is 5.91 Å². The van der Waals surface area contributed by atoms with Crippen LogP contribution in [0.3, 0.4) is 0 Å².